The van der Waals surface area contributed by atoms with Crippen LogP contribution >= 0.6 is 15.6 Å². The first kappa shape index (κ1) is 21.7. The van der Waals surface area contributed by atoms with E-state index in [9.17, 15) is 24.1 Å². The Morgan fingerprint density at radius 2 is 1.36 bits per heavy atom. The number of phosphoric ester groups is 2. The van der Waals surface area contributed by atoms with Crippen molar-refractivity contribution in [3.8, 4) is 0 Å². The van der Waals surface area contributed by atoms with Crippen molar-refractivity contribution in [2.45, 2.75) is 30.5 Å². The Morgan fingerprint density at radius 3 is 1.68 bits per heavy atom. The SMILES string of the molecule is O=C[C@H](OP(=O)(O)O)[C@H](OP(=O)(O)O)[C@H](O)[C@@H](O)[C@H](O)CO. The van der Waals surface area contributed by atoms with Crippen LogP contribution in [-0.4, -0.2) is 83.4 Å². The van der Waals surface area contributed by atoms with Crippen LogP contribution in [0, 0.1) is 0 Å². The number of phosphoric acid groups is 2. The van der Waals surface area contributed by atoms with Crippen LogP contribution in [0.5, 0.6) is 0 Å². The minimum absolute atomic E-state index is 0.347. The average molecular weight is 370 g/mol. The molecule has 0 unspecified atom stereocenters. The van der Waals surface area contributed by atoms with E-state index >= 15 is 0 Å². The molecule has 0 saturated heterocycles. The predicted molar refractivity (Wildman–Crippen MR) is 65.0 cm³/mol. The minimum atomic E-state index is -5.39. The lowest BCUT2D eigenvalue weighted by atomic mass is 10.0. The maximum atomic E-state index is 10.8. The monoisotopic (exact) mass is 370 g/mol. The van der Waals surface area contributed by atoms with Crippen molar-refractivity contribution in [2.24, 2.45) is 0 Å². The molecule has 13 nitrogen and oxygen atoms in total. The third kappa shape index (κ3) is 7.83. The Bertz CT molecular complexity index is 442. The first-order valence-electron chi connectivity index (χ1n) is 5.40. The minimum Gasteiger partial charge on any atom is -0.394 e. The highest BCUT2D eigenvalue weighted by molar-refractivity contribution is 7.46. The van der Waals surface area contributed by atoms with Crippen LogP contribution in [-0.2, 0) is 23.0 Å². The molecule has 0 aromatic heterocycles. The van der Waals surface area contributed by atoms with Crippen molar-refractivity contribution in [1.29, 1.82) is 0 Å². The standard InChI is InChI=1S/C7H16O13P2/c8-1-3(10)5(11)6(12)7(20-22(16,17)18)4(2-9)19-21(13,14)15/h2-8,10-12H,1H2,(H2,13,14,15)(H2,16,17,18)/t3-,4+,5+,6-,7+/m1/s1. The zero-order valence-electron chi connectivity index (χ0n) is 10.7. The van der Waals surface area contributed by atoms with Gasteiger partial charge in [0.25, 0.3) is 0 Å². The Labute approximate surface area is 123 Å². The van der Waals surface area contributed by atoms with E-state index in [2.05, 4.69) is 9.05 Å². The number of aliphatic hydroxyl groups is 4. The van der Waals surface area contributed by atoms with Crippen molar-refractivity contribution in [1.82, 2.24) is 0 Å². The van der Waals surface area contributed by atoms with Crippen LogP contribution in [0.1, 0.15) is 0 Å². The van der Waals surface area contributed by atoms with Gasteiger partial charge in [-0.25, -0.2) is 9.13 Å². The molecule has 8 N–H and O–H groups in total. The highest BCUT2D eigenvalue weighted by Crippen LogP contribution is 2.43. The number of carbonyl (C=O) groups is 1. The van der Waals surface area contributed by atoms with Gasteiger partial charge in [-0.05, 0) is 0 Å². The van der Waals surface area contributed by atoms with E-state index in [1.165, 1.54) is 0 Å². The van der Waals surface area contributed by atoms with Crippen molar-refractivity contribution < 1.29 is 63.0 Å². The molecule has 5 atom stereocenters. The van der Waals surface area contributed by atoms with Crippen LogP contribution in [0.25, 0.3) is 0 Å². The van der Waals surface area contributed by atoms with Crippen molar-refractivity contribution in [2.75, 3.05) is 6.61 Å². The van der Waals surface area contributed by atoms with Crippen molar-refractivity contribution in [3.05, 3.63) is 0 Å². The molecule has 0 aliphatic carbocycles. The molecular formula is C7H16O13P2. The van der Waals surface area contributed by atoms with E-state index in [0.717, 1.165) is 0 Å². The molecule has 0 fully saturated rings. The normalized spacial score (nSPS) is 20.0. The van der Waals surface area contributed by atoms with Crippen LogP contribution in [0.15, 0.2) is 0 Å². The molecule has 0 aliphatic heterocycles. The Morgan fingerprint density at radius 1 is 0.909 bits per heavy atom. The summed E-state index contributed by atoms with van der Waals surface area (Å²) in [7, 11) is -10.7. The zero-order valence-corrected chi connectivity index (χ0v) is 12.5. The maximum absolute atomic E-state index is 10.8. The molecule has 0 saturated carbocycles. The Kier molecular flexibility index (Phi) is 8.44. The third-order valence-electron chi connectivity index (χ3n) is 2.24. The van der Waals surface area contributed by atoms with Gasteiger partial charge >= 0.3 is 15.6 Å². The fraction of sp³-hybridized carbons (Fsp3) is 0.857. The topological polar surface area (TPSA) is 232 Å². The second-order valence-electron chi connectivity index (χ2n) is 3.99. The van der Waals surface area contributed by atoms with E-state index in [1.807, 2.05) is 0 Å². The fourth-order valence-corrected chi connectivity index (χ4v) is 2.37. The predicted octanol–water partition coefficient (Wildman–Crippen LogP) is -3.78. The first-order valence-corrected chi connectivity index (χ1v) is 8.46. The van der Waals surface area contributed by atoms with Gasteiger partial charge in [0.05, 0.1) is 6.61 Å². The highest BCUT2D eigenvalue weighted by Gasteiger charge is 2.43. The lowest BCUT2D eigenvalue weighted by Gasteiger charge is -2.31. The van der Waals surface area contributed by atoms with Gasteiger partial charge < -0.3 is 44.8 Å². The number of aldehydes is 1. The second kappa shape index (κ2) is 8.55. The Balaban J connectivity index is 5.46. The molecule has 22 heavy (non-hydrogen) atoms. The molecule has 15 heteroatoms. The van der Waals surface area contributed by atoms with Gasteiger partial charge in [-0.3, -0.25) is 9.05 Å². The zero-order chi connectivity index (χ0) is 17.7. The highest BCUT2D eigenvalue weighted by atomic mass is 31.2. The summed E-state index contributed by atoms with van der Waals surface area (Å²) in [6.07, 6.45) is -11.9. The van der Waals surface area contributed by atoms with Crippen LogP contribution in [0.3, 0.4) is 0 Å². The number of carbonyl (C=O) groups excluding carboxylic acids is 1. The Hall–Kier alpha value is -0.270. The summed E-state index contributed by atoms with van der Waals surface area (Å²) in [5.41, 5.74) is 0. The lowest BCUT2D eigenvalue weighted by Crippen LogP contribution is -2.51. The van der Waals surface area contributed by atoms with E-state index in [4.69, 9.17) is 29.8 Å². The molecule has 0 spiro atoms. The summed E-state index contributed by atoms with van der Waals surface area (Å²) < 4.78 is 29.4. The summed E-state index contributed by atoms with van der Waals surface area (Å²) in [6, 6.07) is 0. The lowest BCUT2D eigenvalue weighted by molar-refractivity contribution is -0.143. The third-order valence-corrected chi connectivity index (χ3v) is 3.28. The van der Waals surface area contributed by atoms with Gasteiger partial charge in [-0.15, -0.1) is 0 Å². The number of hydrogen-bond donors (Lipinski definition) is 8. The van der Waals surface area contributed by atoms with E-state index in [0.29, 0.717) is 0 Å². The molecule has 0 aromatic carbocycles. The van der Waals surface area contributed by atoms with Gasteiger partial charge in [-0.1, -0.05) is 0 Å². The van der Waals surface area contributed by atoms with Gasteiger partial charge in [0.2, 0.25) is 0 Å². The summed E-state index contributed by atoms with van der Waals surface area (Å²) in [5, 5.41) is 36.8. The van der Waals surface area contributed by atoms with Crippen molar-refractivity contribution >= 4 is 21.9 Å². The van der Waals surface area contributed by atoms with E-state index < -0.39 is 52.8 Å². The molecular weight excluding hydrogens is 354 g/mol. The number of hydrogen-bond acceptors (Lipinski definition) is 9. The largest absolute Gasteiger partial charge is 0.470 e. The molecule has 0 aliphatic rings. The van der Waals surface area contributed by atoms with Crippen molar-refractivity contribution in [3.63, 3.8) is 0 Å². The maximum Gasteiger partial charge on any atom is 0.470 e. The average Bonchev–Trinajstić information content (AvgIpc) is 2.37. The molecule has 0 heterocycles. The van der Waals surface area contributed by atoms with Gasteiger partial charge in [0, 0.05) is 0 Å². The molecule has 0 amide bonds. The molecule has 132 valence electrons. The molecule has 0 bridgehead atoms. The summed E-state index contributed by atoms with van der Waals surface area (Å²) in [4.78, 5) is 45.3. The quantitative estimate of drug-likeness (QED) is 0.136. The first-order chi connectivity index (χ1) is 9.82. The number of aliphatic hydroxyl groups excluding tert-OH is 4. The summed E-state index contributed by atoms with van der Waals surface area (Å²) in [6.45, 7) is -1.08. The van der Waals surface area contributed by atoms with Gasteiger partial charge in [0.15, 0.2) is 12.4 Å². The van der Waals surface area contributed by atoms with Gasteiger partial charge in [0.1, 0.15) is 24.4 Å². The smallest absolute Gasteiger partial charge is 0.394 e. The fourth-order valence-electron chi connectivity index (χ4n) is 1.33. The molecule has 0 radical (unpaired) electrons. The van der Waals surface area contributed by atoms with Gasteiger partial charge in [-0.2, -0.15) is 0 Å². The van der Waals surface area contributed by atoms with E-state index in [1.54, 1.807) is 0 Å². The summed E-state index contributed by atoms with van der Waals surface area (Å²) in [5.74, 6) is 0. The van der Waals surface area contributed by atoms with Crippen LogP contribution in [0.4, 0.5) is 0 Å². The van der Waals surface area contributed by atoms with E-state index in [-0.39, 0.29) is 6.29 Å². The second-order valence-corrected chi connectivity index (χ2v) is 6.37. The summed E-state index contributed by atoms with van der Waals surface area (Å²) >= 11 is 0. The molecule has 0 aromatic rings. The van der Waals surface area contributed by atoms with Crippen LogP contribution in [0.2, 0.25) is 0 Å². The molecule has 0 rings (SSSR count). The number of rotatable bonds is 10. The van der Waals surface area contributed by atoms with Crippen LogP contribution < -0.4 is 0 Å².